The Hall–Kier alpha value is -1.02. The van der Waals surface area contributed by atoms with Gasteiger partial charge in [0.2, 0.25) is 0 Å². The van der Waals surface area contributed by atoms with Gasteiger partial charge in [-0.15, -0.1) is 0 Å². The maximum atomic E-state index is 10.5. The van der Waals surface area contributed by atoms with Gasteiger partial charge in [0.1, 0.15) is 0 Å². The summed E-state index contributed by atoms with van der Waals surface area (Å²) in [6, 6.07) is 5.89. The van der Waals surface area contributed by atoms with Gasteiger partial charge in [-0.25, -0.2) is 0 Å². The molecule has 3 heteroatoms. The molecule has 0 amide bonds. The molecule has 0 heterocycles. The summed E-state index contributed by atoms with van der Waals surface area (Å²) in [5, 5.41) is 9.38. The van der Waals surface area contributed by atoms with E-state index in [2.05, 4.69) is 13.8 Å². The molecule has 94 valence electrons. The monoisotopic (exact) mass is 254 g/mol. The van der Waals surface area contributed by atoms with Gasteiger partial charge < -0.3 is 5.11 Å². The fraction of sp³-hybridized carbons (Fsp3) is 0.500. The van der Waals surface area contributed by atoms with Crippen molar-refractivity contribution in [2.24, 2.45) is 5.92 Å². The summed E-state index contributed by atoms with van der Waals surface area (Å²) in [4.78, 5) is 10.5. The van der Waals surface area contributed by atoms with Crippen molar-refractivity contribution < 1.29 is 9.90 Å². The van der Waals surface area contributed by atoms with Crippen LogP contribution in [0.5, 0.6) is 0 Å². The van der Waals surface area contributed by atoms with Crippen LogP contribution in [0.15, 0.2) is 18.2 Å². The van der Waals surface area contributed by atoms with Gasteiger partial charge in [-0.2, -0.15) is 0 Å². The average molecular weight is 255 g/mol. The predicted octanol–water partition coefficient (Wildman–Crippen LogP) is 3.95. The fourth-order valence-electron chi connectivity index (χ4n) is 1.90. The maximum absolute atomic E-state index is 10.5. The summed E-state index contributed by atoms with van der Waals surface area (Å²) >= 11 is 5.99. The average Bonchev–Trinajstić information content (AvgIpc) is 2.20. The van der Waals surface area contributed by atoms with E-state index in [1.165, 1.54) is 11.1 Å². The summed E-state index contributed by atoms with van der Waals surface area (Å²) in [5.41, 5.74) is 2.47. The van der Waals surface area contributed by atoms with Gasteiger partial charge in [-0.1, -0.05) is 31.5 Å². The van der Waals surface area contributed by atoms with E-state index in [-0.39, 0.29) is 6.42 Å². The van der Waals surface area contributed by atoms with Crippen molar-refractivity contribution in [2.75, 3.05) is 0 Å². The highest BCUT2D eigenvalue weighted by molar-refractivity contribution is 6.30. The second-order valence-electron chi connectivity index (χ2n) is 4.76. The molecule has 0 spiro atoms. The molecule has 0 saturated carbocycles. The smallest absolute Gasteiger partial charge is 0.303 e. The van der Waals surface area contributed by atoms with Gasteiger partial charge in [-0.3, -0.25) is 4.79 Å². The van der Waals surface area contributed by atoms with Crippen LogP contribution in [0.4, 0.5) is 0 Å². The Balaban J connectivity index is 2.72. The third kappa shape index (κ3) is 5.22. The second-order valence-corrected chi connectivity index (χ2v) is 5.19. The first-order valence-corrected chi connectivity index (χ1v) is 6.36. The third-order valence-corrected chi connectivity index (χ3v) is 2.87. The zero-order valence-electron chi connectivity index (χ0n) is 10.4. The number of hydrogen-bond donors (Lipinski definition) is 1. The van der Waals surface area contributed by atoms with Crippen molar-refractivity contribution in [1.29, 1.82) is 0 Å². The molecule has 0 aliphatic rings. The lowest BCUT2D eigenvalue weighted by Crippen LogP contribution is -2.01. The van der Waals surface area contributed by atoms with Crippen LogP contribution in [-0.4, -0.2) is 11.1 Å². The van der Waals surface area contributed by atoms with E-state index in [1.807, 2.05) is 18.2 Å². The van der Waals surface area contributed by atoms with Crippen molar-refractivity contribution in [3.8, 4) is 0 Å². The topological polar surface area (TPSA) is 37.3 Å². The number of carboxylic acid groups (broad SMARTS) is 1. The van der Waals surface area contributed by atoms with Crippen LogP contribution in [0.1, 0.15) is 37.8 Å². The van der Waals surface area contributed by atoms with Crippen LogP contribution in [0.25, 0.3) is 0 Å². The number of aryl methyl sites for hydroxylation is 1. The van der Waals surface area contributed by atoms with Crippen LogP contribution >= 0.6 is 11.6 Å². The summed E-state index contributed by atoms with van der Waals surface area (Å²) in [6.07, 6.45) is 2.71. The van der Waals surface area contributed by atoms with Crippen LogP contribution in [0, 0.1) is 5.92 Å². The molecule has 0 fully saturated rings. The van der Waals surface area contributed by atoms with Gasteiger partial charge in [0.25, 0.3) is 0 Å². The molecule has 2 nitrogen and oxygen atoms in total. The molecule has 0 atom stereocenters. The van der Waals surface area contributed by atoms with Crippen LogP contribution < -0.4 is 0 Å². The number of halogens is 1. The molecule has 17 heavy (non-hydrogen) atoms. The van der Waals surface area contributed by atoms with Gasteiger partial charge in [0.15, 0.2) is 0 Å². The first kappa shape index (κ1) is 14.0. The zero-order valence-corrected chi connectivity index (χ0v) is 11.1. The molecule has 1 N–H and O–H groups in total. The Morgan fingerprint density at radius 2 is 2.06 bits per heavy atom. The number of carboxylic acids is 1. The Morgan fingerprint density at radius 3 is 2.65 bits per heavy atom. The molecule has 0 bridgehead atoms. The van der Waals surface area contributed by atoms with Crippen LogP contribution in [-0.2, 0) is 17.6 Å². The lowest BCUT2D eigenvalue weighted by molar-refractivity contribution is -0.137. The summed E-state index contributed by atoms with van der Waals surface area (Å²) in [7, 11) is 0. The van der Waals surface area contributed by atoms with E-state index < -0.39 is 5.97 Å². The molecule has 0 aliphatic heterocycles. The van der Waals surface area contributed by atoms with Crippen LogP contribution in [0.2, 0.25) is 5.02 Å². The Kier molecular flexibility index (Phi) is 5.49. The van der Waals surface area contributed by atoms with Crippen molar-refractivity contribution in [3.63, 3.8) is 0 Å². The highest BCUT2D eigenvalue weighted by atomic mass is 35.5. The summed E-state index contributed by atoms with van der Waals surface area (Å²) in [6.45, 7) is 4.34. The summed E-state index contributed by atoms with van der Waals surface area (Å²) < 4.78 is 0. The Bertz CT molecular complexity index is 386. The molecule has 0 aliphatic carbocycles. The van der Waals surface area contributed by atoms with E-state index in [0.717, 1.165) is 17.9 Å². The number of hydrogen-bond acceptors (Lipinski definition) is 1. The van der Waals surface area contributed by atoms with E-state index in [0.29, 0.717) is 12.3 Å². The second kappa shape index (κ2) is 6.65. The number of aliphatic carboxylic acids is 1. The number of carbonyl (C=O) groups is 1. The molecular formula is C14H19ClO2. The molecule has 1 aromatic rings. The van der Waals surface area contributed by atoms with Crippen molar-refractivity contribution in [2.45, 2.75) is 39.5 Å². The van der Waals surface area contributed by atoms with Gasteiger partial charge >= 0.3 is 5.97 Å². The van der Waals surface area contributed by atoms with Crippen LogP contribution in [0.3, 0.4) is 0 Å². The highest BCUT2D eigenvalue weighted by Gasteiger charge is 2.07. The quantitative estimate of drug-likeness (QED) is 0.835. The number of rotatable bonds is 6. The molecule has 0 unspecified atom stereocenters. The normalized spacial score (nSPS) is 10.8. The number of benzene rings is 1. The molecule has 0 radical (unpaired) electrons. The van der Waals surface area contributed by atoms with Crippen molar-refractivity contribution >= 4 is 17.6 Å². The first-order valence-electron chi connectivity index (χ1n) is 5.98. The minimum atomic E-state index is -0.732. The third-order valence-electron chi connectivity index (χ3n) is 2.63. The highest BCUT2D eigenvalue weighted by Crippen LogP contribution is 2.21. The minimum Gasteiger partial charge on any atom is -0.481 e. The molecule has 1 rings (SSSR count). The van der Waals surface area contributed by atoms with E-state index >= 15 is 0 Å². The SMILES string of the molecule is CC(C)Cc1cc(Cl)ccc1CCCC(=O)O. The zero-order chi connectivity index (χ0) is 12.8. The van der Waals surface area contributed by atoms with Crippen molar-refractivity contribution in [1.82, 2.24) is 0 Å². The summed E-state index contributed by atoms with van der Waals surface area (Å²) in [5.74, 6) is -0.156. The lowest BCUT2D eigenvalue weighted by atomic mass is 9.95. The Labute approximate surface area is 108 Å². The van der Waals surface area contributed by atoms with Gasteiger partial charge in [-0.05, 0) is 48.4 Å². The maximum Gasteiger partial charge on any atom is 0.303 e. The van der Waals surface area contributed by atoms with E-state index in [1.54, 1.807) is 0 Å². The van der Waals surface area contributed by atoms with E-state index in [9.17, 15) is 4.79 Å². The molecule has 0 aromatic heterocycles. The first-order chi connectivity index (χ1) is 7.99. The van der Waals surface area contributed by atoms with Gasteiger partial charge in [0, 0.05) is 11.4 Å². The molecular weight excluding hydrogens is 236 g/mol. The standard InChI is InChI=1S/C14H19ClO2/c1-10(2)8-12-9-13(15)7-6-11(12)4-3-5-14(16)17/h6-7,9-10H,3-5,8H2,1-2H3,(H,16,17). The molecule has 1 aromatic carbocycles. The van der Waals surface area contributed by atoms with Gasteiger partial charge in [0.05, 0.1) is 0 Å². The predicted molar refractivity (Wildman–Crippen MR) is 70.6 cm³/mol. The van der Waals surface area contributed by atoms with E-state index in [4.69, 9.17) is 16.7 Å². The fourth-order valence-corrected chi connectivity index (χ4v) is 2.09. The van der Waals surface area contributed by atoms with Crippen molar-refractivity contribution in [3.05, 3.63) is 34.3 Å². The lowest BCUT2D eigenvalue weighted by Gasteiger charge is -2.11. The largest absolute Gasteiger partial charge is 0.481 e. The minimum absolute atomic E-state index is 0.226. The molecule has 0 saturated heterocycles. The Morgan fingerprint density at radius 1 is 1.35 bits per heavy atom.